The van der Waals surface area contributed by atoms with Crippen LogP contribution < -0.4 is 5.32 Å². The average Bonchev–Trinajstić information content (AvgIpc) is 2.96. The molecule has 0 aliphatic rings. The first-order valence-electron chi connectivity index (χ1n) is 8.01. The van der Waals surface area contributed by atoms with Gasteiger partial charge in [-0.15, -0.1) is 11.3 Å². The second-order valence-electron chi connectivity index (χ2n) is 5.86. The highest BCUT2D eigenvalue weighted by Gasteiger charge is 2.11. The quantitative estimate of drug-likeness (QED) is 0.482. The van der Waals surface area contributed by atoms with Gasteiger partial charge < -0.3 is 5.32 Å². The van der Waals surface area contributed by atoms with Crippen molar-refractivity contribution in [3.05, 3.63) is 82.0 Å². The third-order valence-electron chi connectivity index (χ3n) is 3.85. The highest BCUT2D eigenvalue weighted by Crippen LogP contribution is 2.31. The number of thiophene rings is 1. The number of benzene rings is 2. The van der Waals surface area contributed by atoms with E-state index in [4.69, 9.17) is 21.6 Å². The lowest BCUT2D eigenvalue weighted by Gasteiger charge is -2.09. The largest absolute Gasteiger partial charge is 0.340 e. The third kappa shape index (κ3) is 3.65. The van der Waals surface area contributed by atoms with Gasteiger partial charge in [0, 0.05) is 22.0 Å². The molecule has 0 aliphatic heterocycles. The summed E-state index contributed by atoms with van der Waals surface area (Å²) in [5.41, 5.74) is 2.12. The Kier molecular flexibility index (Phi) is 4.38. The normalized spacial score (nSPS) is 11.0. The molecule has 0 aliphatic carbocycles. The summed E-state index contributed by atoms with van der Waals surface area (Å²) < 4.78 is 0. The predicted octanol–water partition coefficient (Wildman–Crippen LogP) is 5.99. The first-order chi connectivity index (χ1) is 12.2. The molecule has 2 aromatic carbocycles. The van der Waals surface area contributed by atoms with Gasteiger partial charge in [-0.2, -0.15) is 0 Å². The Bertz CT molecular complexity index is 1030. The molecule has 3 nitrogen and oxygen atoms in total. The molecule has 4 rings (SSSR count). The Balaban J connectivity index is 1.75. The van der Waals surface area contributed by atoms with Gasteiger partial charge in [-0.1, -0.05) is 48.0 Å². The van der Waals surface area contributed by atoms with E-state index in [0.717, 1.165) is 27.5 Å². The zero-order valence-corrected chi connectivity index (χ0v) is 15.2. The van der Waals surface area contributed by atoms with Crippen LogP contribution in [0.1, 0.15) is 16.3 Å². The second-order valence-corrected chi connectivity index (χ2v) is 7.53. The van der Waals surface area contributed by atoms with E-state index >= 15 is 0 Å². The van der Waals surface area contributed by atoms with Gasteiger partial charge in [0.15, 0.2) is 0 Å². The Labute approximate surface area is 155 Å². The molecule has 124 valence electrons. The predicted molar refractivity (Wildman–Crippen MR) is 106 cm³/mol. The molecule has 0 spiro atoms. The second kappa shape index (κ2) is 6.82. The Morgan fingerprint density at radius 3 is 2.64 bits per heavy atom. The molecule has 0 radical (unpaired) electrons. The smallest absolute Gasteiger partial charge is 0.142 e. The molecule has 0 saturated carbocycles. The number of rotatable bonds is 4. The van der Waals surface area contributed by atoms with Crippen molar-refractivity contribution < 1.29 is 0 Å². The van der Waals surface area contributed by atoms with Crippen molar-refractivity contribution in [1.82, 2.24) is 9.97 Å². The fourth-order valence-corrected chi connectivity index (χ4v) is 3.83. The van der Waals surface area contributed by atoms with Gasteiger partial charge in [-0.05, 0) is 36.8 Å². The summed E-state index contributed by atoms with van der Waals surface area (Å²) >= 11 is 7.79. The summed E-state index contributed by atoms with van der Waals surface area (Å²) in [7, 11) is 0. The minimum atomic E-state index is 0.696. The number of aryl methyl sites for hydroxylation is 1. The van der Waals surface area contributed by atoms with Crippen LogP contribution in [0.25, 0.3) is 10.2 Å². The lowest BCUT2D eigenvalue weighted by atomic mass is 10.1. The minimum Gasteiger partial charge on any atom is -0.340 e. The van der Waals surface area contributed by atoms with Crippen molar-refractivity contribution >= 4 is 44.7 Å². The van der Waals surface area contributed by atoms with Gasteiger partial charge in [0.1, 0.15) is 16.5 Å². The summed E-state index contributed by atoms with van der Waals surface area (Å²) in [6.07, 6.45) is 0.706. The summed E-state index contributed by atoms with van der Waals surface area (Å²) in [5.74, 6) is 1.63. The highest BCUT2D eigenvalue weighted by molar-refractivity contribution is 7.18. The van der Waals surface area contributed by atoms with E-state index in [1.807, 2.05) is 42.5 Å². The number of nitrogens with zero attached hydrogens (tertiary/aromatic N) is 2. The summed E-state index contributed by atoms with van der Waals surface area (Å²) in [5, 5.41) is 5.14. The van der Waals surface area contributed by atoms with E-state index < -0.39 is 0 Å². The van der Waals surface area contributed by atoms with E-state index in [-0.39, 0.29) is 0 Å². The van der Waals surface area contributed by atoms with Gasteiger partial charge in [0.05, 0.1) is 5.39 Å². The SMILES string of the molecule is Cc1cc2c(Nc3cccc(Cl)c3)nc(Cc3ccccc3)nc2s1. The van der Waals surface area contributed by atoms with Crippen LogP contribution in [0.3, 0.4) is 0 Å². The van der Waals surface area contributed by atoms with Crippen LogP contribution in [0, 0.1) is 6.92 Å². The number of halogens is 1. The topological polar surface area (TPSA) is 37.8 Å². The maximum Gasteiger partial charge on any atom is 0.142 e. The molecule has 2 heterocycles. The standard InChI is InChI=1S/C20H16ClN3S/c1-13-10-17-19(22-16-9-5-8-15(21)12-16)23-18(24-20(17)25-13)11-14-6-3-2-4-7-14/h2-10,12H,11H2,1H3,(H,22,23,24). The van der Waals surface area contributed by atoms with E-state index in [2.05, 4.69) is 30.4 Å². The van der Waals surface area contributed by atoms with Crippen LogP contribution in [0.4, 0.5) is 11.5 Å². The van der Waals surface area contributed by atoms with E-state index in [1.54, 1.807) is 11.3 Å². The number of aromatic nitrogens is 2. The van der Waals surface area contributed by atoms with Crippen molar-refractivity contribution in [1.29, 1.82) is 0 Å². The average molecular weight is 366 g/mol. The van der Waals surface area contributed by atoms with Gasteiger partial charge in [-0.3, -0.25) is 0 Å². The van der Waals surface area contributed by atoms with Crippen molar-refractivity contribution in [3.8, 4) is 0 Å². The van der Waals surface area contributed by atoms with Crippen LogP contribution in [0.2, 0.25) is 5.02 Å². The van der Waals surface area contributed by atoms with Gasteiger partial charge in [-0.25, -0.2) is 9.97 Å². The lowest BCUT2D eigenvalue weighted by Crippen LogP contribution is -2.01. The van der Waals surface area contributed by atoms with Crippen LogP contribution in [0.15, 0.2) is 60.7 Å². The first kappa shape index (κ1) is 16.1. The molecule has 4 aromatic rings. The van der Waals surface area contributed by atoms with Crippen molar-refractivity contribution in [2.45, 2.75) is 13.3 Å². The molecule has 0 amide bonds. The number of nitrogens with one attached hydrogen (secondary N) is 1. The molecular formula is C20H16ClN3S. The molecule has 0 bridgehead atoms. The molecule has 25 heavy (non-hydrogen) atoms. The van der Waals surface area contributed by atoms with Crippen LogP contribution in [-0.2, 0) is 6.42 Å². The third-order valence-corrected chi connectivity index (χ3v) is 5.03. The van der Waals surface area contributed by atoms with Crippen LogP contribution in [-0.4, -0.2) is 9.97 Å². The van der Waals surface area contributed by atoms with Crippen LogP contribution in [0.5, 0.6) is 0 Å². The number of hydrogen-bond donors (Lipinski definition) is 1. The van der Waals surface area contributed by atoms with Crippen molar-refractivity contribution in [2.24, 2.45) is 0 Å². The zero-order valence-electron chi connectivity index (χ0n) is 13.7. The highest BCUT2D eigenvalue weighted by atomic mass is 35.5. The molecule has 0 atom stereocenters. The van der Waals surface area contributed by atoms with Gasteiger partial charge in [0.25, 0.3) is 0 Å². The van der Waals surface area contributed by atoms with Crippen molar-refractivity contribution in [3.63, 3.8) is 0 Å². The van der Waals surface area contributed by atoms with Gasteiger partial charge >= 0.3 is 0 Å². The molecule has 1 N–H and O–H groups in total. The fraction of sp³-hybridized carbons (Fsp3) is 0.100. The molecule has 2 aromatic heterocycles. The molecule has 0 saturated heterocycles. The number of anilines is 2. The molecule has 0 unspecified atom stereocenters. The maximum absolute atomic E-state index is 6.10. The molecule has 0 fully saturated rings. The minimum absolute atomic E-state index is 0.696. The Hall–Kier alpha value is -2.43. The van der Waals surface area contributed by atoms with E-state index in [9.17, 15) is 0 Å². The van der Waals surface area contributed by atoms with Gasteiger partial charge in [0.2, 0.25) is 0 Å². The van der Waals surface area contributed by atoms with E-state index in [0.29, 0.717) is 11.4 Å². The summed E-state index contributed by atoms with van der Waals surface area (Å²) in [4.78, 5) is 11.7. The monoisotopic (exact) mass is 365 g/mol. The first-order valence-corrected chi connectivity index (χ1v) is 9.20. The fourth-order valence-electron chi connectivity index (χ4n) is 2.74. The Morgan fingerprint density at radius 1 is 1.00 bits per heavy atom. The molecular weight excluding hydrogens is 350 g/mol. The van der Waals surface area contributed by atoms with Crippen LogP contribution >= 0.6 is 22.9 Å². The number of fused-ring (bicyclic) bond motifs is 1. The zero-order chi connectivity index (χ0) is 17.2. The maximum atomic E-state index is 6.10. The summed E-state index contributed by atoms with van der Waals surface area (Å²) in [6, 6.07) is 20.1. The lowest BCUT2D eigenvalue weighted by molar-refractivity contribution is 1.000. The Morgan fingerprint density at radius 2 is 1.84 bits per heavy atom. The summed E-state index contributed by atoms with van der Waals surface area (Å²) in [6.45, 7) is 2.09. The van der Waals surface area contributed by atoms with Crippen molar-refractivity contribution in [2.75, 3.05) is 5.32 Å². The molecule has 5 heteroatoms. The van der Waals surface area contributed by atoms with E-state index in [1.165, 1.54) is 10.4 Å². The number of hydrogen-bond acceptors (Lipinski definition) is 4.